The van der Waals surface area contributed by atoms with Gasteiger partial charge in [-0.15, -0.1) is 0 Å². The number of methoxy groups -OCH3 is 1. The van der Waals surface area contributed by atoms with Gasteiger partial charge in [0.1, 0.15) is 11.5 Å². The molecule has 0 aliphatic carbocycles. The number of hydrogen-bond donors (Lipinski definition) is 2. The molecule has 0 unspecified atom stereocenters. The quantitative estimate of drug-likeness (QED) is 0.823. The Hall–Kier alpha value is -1.79. The van der Waals surface area contributed by atoms with Gasteiger partial charge in [0.15, 0.2) is 0 Å². The summed E-state index contributed by atoms with van der Waals surface area (Å²) >= 11 is 3.34. The number of carbonyl (C=O) groups excluding carboxylic acids is 1. The molecule has 0 radical (unpaired) electrons. The second-order valence-electron chi connectivity index (χ2n) is 5.28. The molecular weight excluding hydrogens is 350 g/mol. The first-order valence-corrected chi connectivity index (χ1v) is 7.57. The van der Waals surface area contributed by atoms with E-state index in [1.165, 1.54) is 0 Å². The molecule has 0 saturated heterocycles. The van der Waals surface area contributed by atoms with Gasteiger partial charge in [0.05, 0.1) is 24.5 Å². The van der Waals surface area contributed by atoms with Gasteiger partial charge in [-0.05, 0) is 53.2 Å². The molecule has 0 bridgehead atoms. The zero-order valence-electron chi connectivity index (χ0n) is 12.4. The van der Waals surface area contributed by atoms with Crippen LogP contribution in [0.5, 0.6) is 5.75 Å². The van der Waals surface area contributed by atoms with E-state index in [1.807, 2.05) is 0 Å². The zero-order chi connectivity index (χ0) is 16.2. The van der Waals surface area contributed by atoms with Gasteiger partial charge >= 0.3 is 0 Å². The molecule has 118 valence electrons. The Morgan fingerprint density at radius 2 is 2.23 bits per heavy atom. The Morgan fingerprint density at radius 1 is 1.45 bits per heavy atom. The van der Waals surface area contributed by atoms with Crippen LogP contribution in [-0.2, 0) is 6.42 Å². The van der Waals surface area contributed by atoms with Crippen molar-refractivity contribution in [2.24, 2.45) is 0 Å². The second-order valence-corrected chi connectivity index (χ2v) is 6.14. The van der Waals surface area contributed by atoms with Crippen LogP contribution in [0.3, 0.4) is 0 Å². The van der Waals surface area contributed by atoms with Crippen LogP contribution in [0.1, 0.15) is 23.0 Å². The summed E-state index contributed by atoms with van der Waals surface area (Å²) in [4.78, 5) is 12.3. The summed E-state index contributed by atoms with van der Waals surface area (Å²) in [6.07, 6.45) is 1.87. The van der Waals surface area contributed by atoms with Crippen LogP contribution in [0.2, 0.25) is 0 Å². The number of ether oxygens (including phenoxy) is 1. The molecule has 2 rings (SSSR count). The highest BCUT2D eigenvalue weighted by Crippen LogP contribution is 2.22. The van der Waals surface area contributed by atoms with Gasteiger partial charge in [0, 0.05) is 17.4 Å². The fourth-order valence-corrected chi connectivity index (χ4v) is 2.45. The van der Waals surface area contributed by atoms with E-state index in [0.29, 0.717) is 28.0 Å². The third kappa shape index (κ3) is 4.35. The van der Waals surface area contributed by atoms with Gasteiger partial charge in [0.25, 0.3) is 5.91 Å². The number of hydrogen-bond acceptors (Lipinski definition) is 4. The van der Waals surface area contributed by atoms with Crippen molar-refractivity contribution in [3.05, 3.63) is 52.4 Å². The smallest absolute Gasteiger partial charge is 0.252 e. The lowest BCUT2D eigenvalue weighted by Gasteiger charge is -2.22. The third-order valence-corrected chi connectivity index (χ3v) is 3.87. The average Bonchev–Trinajstić information content (AvgIpc) is 2.97. The molecule has 22 heavy (non-hydrogen) atoms. The molecule has 0 saturated carbocycles. The summed E-state index contributed by atoms with van der Waals surface area (Å²) in [5, 5.41) is 13.1. The SMILES string of the molecule is COc1ccc(Br)c(C(=O)NC[C@](C)(O)Cc2ccco2)c1. The molecule has 1 atom stereocenters. The summed E-state index contributed by atoms with van der Waals surface area (Å²) in [7, 11) is 1.54. The van der Waals surface area contributed by atoms with Crippen LogP contribution in [0, 0.1) is 0 Å². The summed E-state index contributed by atoms with van der Waals surface area (Å²) in [6, 6.07) is 8.69. The van der Waals surface area contributed by atoms with Crippen molar-refractivity contribution in [2.75, 3.05) is 13.7 Å². The average molecular weight is 368 g/mol. The maximum absolute atomic E-state index is 12.3. The summed E-state index contributed by atoms with van der Waals surface area (Å²) in [6.45, 7) is 1.76. The van der Waals surface area contributed by atoms with Gasteiger partial charge in [-0.3, -0.25) is 4.79 Å². The van der Waals surface area contributed by atoms with E-state index in [4.69, 9.17) is 9.15 Å². The highest BCUT2D eigenvalue weighted by molar-refractivity contribution is 9.10. The first kappa shape index (κ1) is 16.6. The highest BCUT2D eigenvalue weighted by Gasteiger charge is 2.24. The summed E-state index contributed by atoms with van der Waals surface area (Å²) in [5.41, 5.74) is -0.646. The number of rotatable bonds is 6. The van der Waals surface area contributed by atoms with Gasteiger partial charge in [0.2, 0.25) is 0 Å². The third-order valence-electron chi connectivity index (χ3n) is 3.18. The molecule has 1 aromatic heterocycles. The number of amides is 1. The van der Waals surface area contributed by atoms with Crippen LogP contribution >= 0.6 is 15.9 Å². The van der Waals surface area contributed by atoms with Gasteiger partial charge in [-0.2, -0.15) is 0 Å². The Labute approximate surface area is 137 Å². The monoisotopic (exact) mass is 367 g/mol. The molecule has 6 heteroatoms. The van der Waals surface area contributed by atoms with Crippen LogP contribution in [0.25, 0.3) is 0 Å². The fourth-order valence-electron chi connectivity index (χ4n) is 2.02. The van der Waals surface area contributed by atoms with E-state index in [-0.39, 0.29) is 12.5 Å². The van der Waals surface area contributed by atoms with Crippen molar-refractivity contribution in [1.82, 2.24) is 5.32 Å². The molecule has 1 heterocycles. The lowest BCUT2D eigenvalue weighted by molar-refractivity contribution is 0.0510. The second kappa shape index (κ2) is 6.98. The fraction of sp³-hybridized carbons (Fsp3) is 0.312. The molecule has 0 spiro atoms. The molecule has 0 fully saturated rings. The normalized spacial score (nSPS) is 13.5. The molecule has 5 nitrogen and oxygen atoms in total. The highest BCUT2D eigenvalue weighted by atomic mass is 79.9. The lowest BCUT2D eigenvalue weighted by Crippen LogP contribution is -2.42. The molecule has 2 N–H and O–H groups in total. The molecular formula is C16H18BrNO4. The predicted molar refractivity (Wildman–Crippen MR) is 86.1 cm³/mol. The summed E-state index contributed by atoms with van der Waals surface area (Å²) < 4.78 is 11.0. The van der Waals surface area contributed by atoms with E-state index in [9.17, 15) is 9.90 Å². The molecule has 0 aliphatic rings. The topological polar surface area (TPSA) is 71.7 Å². The van der Waals surface area contributed by atoms with Crippen molar-refractivity contribution >= 4 is 21.8 Å². The van der Waals surface area contributed by atoms with Crippen molar-refractivity contribution in [2.45, 2.75) is 18.9 Å². The van der Waals surface area contributed by atoms with Crippen LogP contribution in [0.4, 0.5) is 0 Å². The van der Waals surface area contributed by atoms with Crippen molar-refractivity contribution < 1.29 is 19.1 Å². The maximum Gasteiger partial charge on any atom is 0.252 e. The van der Waals surface area contributed by atoms with Crippen molar-refractivity contribution in [3.63, 3.8) is 0 Å². The van der Waals surface area contributed by atoms with Crippen LogP contribution in [-0.4, -0.2) is 30.3 Å². The Bertz CT molecular complexity index is 638. The first-order valence-electron chi connectivity index (χ1n) is 6.78. The van der Waals surface area contributed by atoms with E-state index in [1.54, 1.807) is 50.6 Å². The minimum atomic E-state index is -1.10. The maximum atomic E-state index is 12.3. The number of halogens is 1. The number of furan rings is 1. The van der Waals surface area contributed by atoms with Gasteiger partial charge in [-0.1, -0.05) is 0 Å². The Morgan fingerprint density at radius 3 is 2.86 bits per heavy atom. The minimum Gasteiger partial charge on any atom is -0.497 e. The van der Waals surface area contributed by atoms with Gasteiger partial charge in [-0.25, -0.2) is 0 Å². The number of aliphatic hydroxyl groups is 1. The number of benzene rings is 1. The molecule has 1 aromatic carbocycles. The summed E-state index contributed by atoms with van der Waals surface area (Å²) in [5.74, 6) is 0.975. The van der Waals surface area contributed by atoms with Gasteiger partial charge < -0.3 is 19.6 Å². The van der Waals surface area contributed by atoms with E-state index >= 15 is 0 Å². The zero-order valence-corrected chi connectivity index (χ0v) is 14.0. The Kier molecular flexibility index (Phi) is 5.26. The molecule has 1 amide bonds. The van der Waals surface area contributed by atoms with Crippen molar-refractivity contribution in [3.8, 4) is 5.75 Å². The van der Waals surface area contributed by atoms with E-state index in [2.05, 4.69) is 21.2 Å². The minimum absolute atomic E-state index is 0.107. The number of nitrogens with one attached hydrogen (secondary N) is 1. The standard InChI is InChI=1S/C16H18BrNO4/c1-16(20,9-12-4-3-7-22-12)10-18-15(19)13-8-11(21-2)5-6-14(13)17/h3-8,20H,9-10H2,1-2H3,(H,18,19)/t16-/m1/s1. The molecule has 0 aliphatic heterocycles. The van der Waals surface area contributed by atoms with E-state index in [0.717, 1.165) is 0 Å². The number of carbonyl (C=O) groups is 1. The van der Waals surface area contributed by atoms with Crippen LogP contribution in [0.15, 0.2) is 45.5 Å². The van der Waals surface area contributed by atoms with Crippen LogP contribution < -0.4 is 10.1 Å². The largest absolute Gasteiger partial charge is 0.497 e. The molecule has 2 aromatic rings. The first-order chi connectivity index (χ1) is 10.4. The van der Waals surface area contributed by atoms with E-state index < -0.39 is 5.60 Å². The Balaban J connectivity index is 2.00. The predicted octanol–water partition coefficient (Wildman–Crippen LogP) is 2.77. The lowest BCUT2D eigenvalue weighted by atomic mass is 10.0. The van der Waals surface area contributed by atoms with Crippen molar-refractivity contribution in [1.29, 1.82) is 0 Å².